The third-order valence-electron chi connectivity index (χ3n) is 3.96. The number of rotatable bonds is 2. The van der Waals surface area contributed by atoms with Crippen LogP contribution >= 0.6 is 0 Å². The van der Waals surface area contributed by atoms with Crippen LogP contribution in [0.2, 0.25) is 0 Å². The lowest BCUT2D eigenvalue weighted by atomic mass is 9.59. The van der Waals surface area contributed by atoms with Crippen LogP contribution in [-0.4, -0.2) is 24.3 Å². The molecule has 0 bridgehead atoms. The van der Waals surface area contributed by atoms with E-state index < -0.39 is 11.4 Å². The van der Waals surface area contributed by atoms with Crippen molar-refractivity contribution >= 4 is 5.97 Å². The maximum atomic E-state index is 11.5. The summed E-state index contributed by atoms with van der Waals surface area (Å²) in [6.45, 7) is 6.07. The standard InChI is InChI=1S/C12H22O3/c1-11(2,3)12(10(13)14)7-5-9(15-4)6-8-12/h9H,5-8H2,1-4H3,(H,13,14). The number of aliphatic carboxylic acids is 1. The van der Waals surface area contributed by atoms with E-state index in [4.69, 9.17) is 4.74 Å². The first-order valence-electron chi connectivity index (χ1n) is 5.60. The van der Waals surface area contributed by atoms with Crippen molar-refractivity contribution in [3.63, 3.8) is 0 Å². The van der Waals surface area contributed by atoms with E-state index in [1.165, 1.54) is 0 Å². The number of methoxy groups -OCH3 is 1. The van der Waals surface area contributed by atoms with Crippen LogP contribution in [0.1, 0.15) is 46.5 Å². The lowest BCUT2D eigenvalue weighted by Gasteiger charge is -2.45. The molecule has 0 saturated heterocycles. The molecule has 0 atom stereocenters. The van der Waals surface area contributed by atoms with E-state index in [1.54, 1.807) is 7.11 Å². The summed E-state index contributed by atoms with van der Waals surface area (Å²) in [4.78, 5) is 11.5. The first-order chi connectivity index (χ1) is 6.83. The molecule has 88 valence electrons. The van der Waals surface area contributed by atoms with Gasteiger partial charge in [0.2, 0.25) is 0 Å². The van der Waals surface area contributed by atoms with Crippen molar-refractivity contribution in [1.82, 2.24) is 0 Å². The molecule has 1 rings (SSSR count). The summed E-state index contributed by atoms with van der Waals surface area (Å²) < 4.78 is 5.28. The van der Waals surface area contributed by atoms with E-state index >= 15 is 0 Å². The molecule has 1 N–H and O–H groups in total. The fourth-order valence-electron chi connectivity index (χ4n) is 2.60. The van der Waals surface area contributed by atoms with E-state index in [0.717, 1.165) is 25.7 Å². The Hall–Kier alpha value is -0.570. The first kappa shape index (κ1) is 12.5. The molecular formula is C12H22O3. The number of carboxylic acid groups (broad SMARTS) is 1. The number of hydrogen-bond acceptors (Lipinski definition) is 2. The highest BCUT2D eigenvalue weighted by Gasteiger charge is 2.50. The third-order valence-corrected chi connectivity index (χ3v) is 3.96. The molecule has 0 aliphatic heterocycles. The van der Waals surface area contributed by atoms with Gasteiger partial charge < -0.3 is 9.84 Å². The lowest BCUT2D eigenvalue weighted by Crippen LogP contribution is -2.46. The van der Waals surface area contributed by atoms with Crippen LogP contribution in [0.15, 0.2) is 0 Å². The van der Waals surface area contributed by atoms with Crippen LogP contribution < -0.4 is 0 Å². The molecule has 15 heavy (non-hydrogen) atoms. The molecule has 3 nitrogen and oxygen atoms in total. The third kappa shape index (κ3) is 2.17. The Morgan fingerprint density at radius 1 is 1.33 bits per heavy atom. The Kier molecular flexibility index (Phi) is 3.44. The summed E-state index contributed by atoms with van der Waals surface area (Å²) in [5.74, 6) is -0.649. The van der Waals surface area contributed by atoms with Crippen LogP contribution in [0.5, 0.6) is 0 Å². The normalized spacial score (nSPS) is 32.7. The highest BCUT2D eigenvalue weighted by molar-refractivity contribution is 5.75. The second kappa shape index (κ2) is 4.12. The highest BCUT2D eigenvalue weighted by Crippen LogP contribution is 2.50. The van der Waals surface area contributed by atoms with Crippen molar-refractivity contribution < 1.29 is 14.6 Å². The molecule has 0 aromatic carbocycles. The molecule has 3 heteroatoms. The predicted octanol–water partition coefficient (Wildman–Crippen LogP) is 2.69. The molecule has 0 spiro atoms. The zero-order chi connectivity index (χ0) is 11.7. The maximum Gasteiger partial charge on any atom is 0.310 e. The van der Waals surface area contributed by atoms with Gasteiger partial charge in [0, 0.05) is 7.11 Å². The van der Waals surface area contributed by atoms with Gasteiger partial charge in [0.15, 0.2) is 0 Å². The van der Waals surface area contributed by atoms with Gasteiger partial charge >= 0.3 is 5.97 Å². The molecule has 1 aliphatic carbocycles. The number of hydrogen-bond donors (Lipinski definition) is 1. The average molecular weight is 214 g/mol. The fraction of sp³-hybridized carbons (Fsp3) is 0.917. The first-order valence-corrected chi connectivity index (χ1v) is 5.60. The SMILES string of the molecule is COC1CCC(C(=O)O)(C(C)(C)C)CC1. The molecule has 0 heterocycles. The molecular weight excluding hydrogens is 192 g/mol. The van der Waals surface area contributed by atoms with E-state index in [9.17, 15) is 9.90 Å². The van der Waals surface area contributed by atoms with Gasteiger partial charge in [-0.25, -0.2) is 0 Å². The fourth-order valence-corrected chi connectivity index (χ4v) is 2.60. The van der Waals surface area contributed by atoms with Crippen molar-refractivity contribution in [1.29, 1.82) is 0 Å². The minimum atomic E-state index is -0.649. The molecule has 1 aliphatic rings. The van der Waals surface area contributed by atoms with Crippen LogP contribution in [0.3, 0.4) is 0 Å². The molecule has 0 aromatic rings. The predicted molar refractivity (Wildman–Crippen MR) is 58.8 cm³/mol. The minimum absolute atomic E-state index is 0.183. The van der Waals surface area contributed by atoms with Crippen LogP contribution in [0.4, 0.5) is 0 Å². The van der Waals surface area contributed by atoms with Gasteiger partial charge in [-0.05, 0) is 31.1 Å². The summed E-state index contributed by atoms with van der Waals surface area (Å²) >= 11 is 0. The zero-order valence-corrected chi connectivity index (χ0v) is 10.2. The lowest BCUT2D eigenvalue weighted by molar-refractivity contribution is -0.162. The number of carbonyl (C=O) groups is 1. The quantitative estimate of drug-likeness (QED) is 0.768. The molecule has 0 unspecified atom stereocenters. The van der Waals surface area contributed by atoms with Gasteiger partial charge in [-0.1, -0.05) is 20.8 Å². The van der Waals surface area contributed by atoms with Crippen molar-refractivity contribution in [2.75, 3.05) is 7.11 Å². The summed E-state index contributed by atoms with van der Waals surface area (Å²) in [6, 6.07) is 0. The Bertz CT molecular complexity index is 232. The Morgan fingerprint density at radius 3 is 2.07 bits per heavy atom. The van der Waals surface area contributed by atoms with Crippen LogP contribution in [-0.2, 0) is 9.53 Å². The second-order valence-corrected chi connectivity index (χ2v) is 5.57. The topological polar surface area (TPSA) is 46.5 Å². The van der Waals surface area contributed by atoms with E-state index in [1.807, 2.05) is 20.8 Å². The largest absolute Gasteiger partial charge is 0.481 e. The zero-order valence-electron chi connectivity index (χ0n) is 10.2. The van der Waals surface area contributed by atoms with Crippen molar-refractivity contribution in [3.8, 4) is 0 Å². The Labute approximate surface area is 91.8 Å². The average Bonchev–Trinajstić information content (AvgIpc) is 2.16. The molecule has 0 amide bonds. The summed E-state index contributed by atoms with van der Waals surface area (Å²) in [5, 5.41) is 9.44. The van der Waals surface area contributed by atoms with E-state index in [0.29, 0.717) is 0 Å². The molecule has 0 aromatic heterocycles. The van der Waals surface area contributed by atoms with Crippen LogP contribution in [0, 0.1) is 10.8 Å². The van der Waals surface area contributed by atoms with Crippen LogP contribution in [0.25, 0.3) is 0 Å². The van der Waals surface area contributed by atoms with Gasteiger partial charge in [0.05, 0.1) is 11.5 Å². The smallest absolute Gasteiger partial charge is 0.310 e. The van der Waals surface area contributed by atoms with Crippen molar-refractivity contribution in [3.05, 3.63) is 0 Å². The summed E-state index contributed by atoms with van der Waals surface area (Å²) in [6.07, 6.45) is 3.43. The van der Waals surface area contributed by atoms with Gasteiger partial charge in [-0.2, -0.15) is 0 Å². The summed E-state index contributed by atoms with van der Waals surface area (Å²) in [5.41, 5.74) is -0.750. The van der Waals surface area contributed by atoms with Gasteiger partial charge in [0.25, 0.3) is 0 Å². The van der Waals surface area contributed by atoms with Gasteiger partial charge in [0.1, 0.15) is 0 Å². The number of carboxylic acids is 1. The monoisotopic (exact) mass is 214 g/mol. The number of ether oxygens (including phenoxy) is 1. The second-order valence-electron chi connectivity index (χ2n) is 5.57. The van der Waals surface area contributed by atoms with Gasteiger partial charge in [-0.15, -0.1) is 0 Å². The Morgan fingerprint density at radius 2 is 1.80 bits per heavy atom. The van der Waals surface area contributed by atoms with Crippen molar-refractivity contribution in [2.24, 2.45) is 10.8 Å². The highest BCUT2D eigenvalue weighted by atomic mass is 16.5. The summed E-state index contributed by atoms with van der Waals surface area (Å²) in [7, 11) is 1.70. The van der Waals surface area contributed by atoms with Crippen molar-refractivity contribution in [2.45, 2.75) is 52.6 Å². The molecule has 1 saturated carbocycles. The molecule has 0 radical (unpaired) electrons. The molecule has 1 fully saturated rings. The van der Waals surface area contributed by atoms with E-state index in [-0.39, 0.29) is 11.5 Å². The minimum Gasteiger partial charge on any atom is -0.481 e. The van der Waals surface area contributed by atoms with E-state index in [2.05, 4.69) is 0 Å². The van der Waals surface area contributed by atoms with Gasteiger partial charge in [-0.3, -0.25) is 4.79 Å². The Balaban J connectivity index is 2.84. The maximum absolute atomic E-state index is 11.5.